The molecule has 0 bridgehead atoms. The van der Waals surface area contributed by atoms with Crippen LogP contribution in [0.15, 0.2) is 0 Å². The van der Waals surface area contributed by atoms with Crippen LogP contribution in [0.1, 0.15) is 71.6 Å². The number of nitrogens with one attached hydrogen (secondary N) is 1. The highest BCUT2D eigenvalue weighted by Gasteiger charge is 2.59. The van der Waals surface area contributed by atoms with Gasteiger partial charge in [0.1, 0.15) is 0 Å². The van der Waals surface area contributed by atoms with Crippen molar-refractivity contribution in [3.8, 4) is 6.07 Å². The maximum atomic E-state index is 10.1. The van der Waals surface area contributed by atoms with Crippen molar-refractivity contribution in [2.45, 2.75) is 83.8 Å². The molecule has 0 aliphatic heterocycles. The summed E-state index contributed by atoms with van der Waals surface area (Å²) in [5, 5.41) is 22.6. The van der Waals surface area contributed by atoms with Crippen LogP contribution in [0.2, 0.25) is 0 Å². The first kappa shape index (κ1) is 16.9. The fourth-order valence-electron chi connectivity index (χ4n) is 7.74. The van der Waals surface area contributed by atoms with Crippen molar-refractivity contribution >= 4 is 0 Å². The van der Waals surface area contributed by atoms with Crippen LogP contribution in [0.5, 0.6) is 0 Å². The highest BCUT2D eigenvalue weighted by molar-refractivity contribution is 5.11. The number of rotatable bonds is 2. The van der Waals surface area contributed by atoms with Crippen LogP contribution in [0.25, 0.3) is 0 Å². The van der Waals surface area contributed by atoms with Crippen LogP contribution >= 0.6 is 0 Å². The lowest BCUT2D eigenvalue weighted by Crippen LogP contribution is -2.55. The van der Waals surface area contributed by atoms with E-state index >= 15 is 0 Å². The first-order valence-electron chi connectivity index (χ1n) is 10.3. The lowest BCUT2D eigenvalue weighted by Gasteiger charge is -2.61. The van der Waals surface area contributed by atoms with Crippen molar-refractivity contribution in [2.75, 3.05) is 6.54 Å². The van der Waals surface area contributed by atoms with E-state index in [1.54, 1.807) is 0 Å². The molecule has 0 aromatic rings. The van der Waals surface area contributed by atoms with Gasteiger partial charge in [-0.1, -0.05) is 13.8 Å². The molecule has 0 amide bonds. The second-order valence-corrected chi connectivity index (χ2v) is 9.80. The summed E-state index contributed by atoms with van der Waals surface area (Å²) in [4.78, 5) is 0. The molecule has 4 aliphatic carbocycles. The molecule has 8 atom stereocenters. The van der Waals surface area contributed by atoms with Gasteiger partial charge in [0.2, 0.25) is 0 Å². The lowest BCUT2D eigenvalue weighted by molar-refractivity contribution is -0.123. The second kappa shape index (κ2) is 5.99. The summed E-state index contributed by atoms with van der Waals surface area (Å²) >= 11 is 0. The number of fused-ring (bicyclic) bond motifs is 5. The summed E-state index contributed by atoms with van der Waals surface area (Å²) in [6, 6.07) is 2.82. The Kier molecular flexibility index (Phi) is 4.21. The molecule has 0 spiro atoms. The monoisotopic (exact) mass is 330 g/mol. The number of aliphatic hydroxyl groups is 1. The molecule has 4 saturated carbocycles. The molecule has 0 saturated heterocycles. The zero-order valence-corrected chi connectivity index (χ0v) is 15.4. The maximum Gasteiger partial charge on any atom is 0.0843 e. The number of nitriles is 1. The Bertz CT molecular complexity index is 528. The van der Waals surface area contributed by atoms with Crippen molar-refractivity contribution in [2.24, 2.45) is 34.5 Å². The minimum Gasteiger partial charge on any atom is -0.393 e. The zero-order valence-electron chi connectivity index (χ0n) is 15.4. The van der Waals surface area contributed by atoms with Crippen LogP contribution in [0.4, 0.5) is 0 Å². The zero-order chi connectivity index (χ0) is 16.9. The van der Waals surface area contributed by atoms with Gasteiger partial charge in [-0.2, -0.15) is 5.26 Å². The average molecular weight is 331 g/mol. The van der Waals surface area contributed by atoms with Crippen LogP contribution in [0, 0.1) is 45.8 Å². The third kappa shape index (κ3) is 2.36. The summed E-state index contributed by atoms with van der Waals surface area (Å²) < 4.78 is 0. The SMILES string of the molecule is C[C@]12CC[C@@H](O)C[C@@H]1CC[C@H]1[C@H]2CC[C@]2(C)[C@H](NCC#N)CC[C@@H]12. The van der Waals surface area contributed by atoms with Crippen molar-refractivity contribution < 1.29 is 5.11 Å². The second-order valence-electron chi connectivity index (χ2n) is 9.80. The largest absolute Gasteiger partial charge is 0.393 e. The predicted octanol–water partition coefficient (Wildman–Crippen LogP) is 3.87. The molecule has 0 unspecified atom stereocenters. The first-order valence-corrected chi connectivity index (χ1v) is 10.3. The van der Waals surface area contributed by atoms with Crippen molar-refractivity contribution in [1.82, 2.24) is 5.32 Å². The Balaban J connectivity index is 1.55. The molecule has 24 heavy (non-hydrogen) atoms. The molecule has 4 aliphatic rings. The van der Waals surface area contributed by atoms with Gasteiger partial charge in [-0.3, -0.25) is 0 Å². The van der Waals surface area contributed by atoms with Gasteiger partial charge in [0.15, 0.2) is 0 Å². The van der Waals surface area contributed by atoms with Gasteiger partial charge in [-0.05, 0) is 92.3 Å². The van der Waals surface area contributed by atoms with Gasteiger partial charge in [0.25, 0.3) is 0 Å². The molecule has 0 aromatic heterocycles. The smallest absolute Gasteiger partial charge is 0.0843 e. The summed E-state index contributed by atoms with van der Waals surface area (Å²) in [6.45, 7) is 5.57. The quantitative estimate of drug-likeness (QED) is 0.756. The van der Waals surface area contributed by atoms with E-state index in [9.17, 15) is 5.11 Å². The molecule has 2 N–H and O–H groups in total. The van der Waals surface area contributed by atoms with Crippen LogP contribution in [-0.2, 0) is 0 Å². The van der Waals surface area contributed by atoms with E-state index in [0.29, 0.717) is 23.4 Å². The summed E-state index contributed by atoms with van der Waals surface area (Å²) in [5.74, 6) is 3.35. The van der Waals surface area contributed by atoms with Crippen LogP contribution in [0.3, 0.4) is 0 Å². The summed E-state index contributed by atoms with van der Waals surface area (Å²) in [7, 11) is 0. The number of hydrogen-bond donors (Lipinski definition) is 2. The van der Waals surface area contributed by atoms with E-state index in [1.807, 2.05) is 0 Å². The van der Waals surface area contributed by atoms with E-state index < -0.39 is 0 Å². The van der Waals surface area contributed by atoms with E-state index in [1.165, 1.54) is 44.9 Å². The van der Waals surface area contributed by atoms with Gasteiger partial charge < -0.3 is 10.4 Å². The third-order valence-electron chi connectivity index (χ3n) is 9.07. The van der Waals surface area contributed by atoms with E-state index in [0.717, 1.165) is 36.5 Å². The lowest BCUT2D eigenvalue weighted by atomic mass is 9.45. The molecule has 134 valence electrons. The standard InChI is InChI=1S/C21H34N2O/c1-20-9-7-15(24)13-14(20)3-4-16-17-5-6-19(23-12-11-22)21(17,2)10-8-18(16)20/h14-19,23-24H,3-10,12-13H2,1-2H3/t14-,15+,16+,17-,18+,19+,20-,21-/m0/s1. The normalized spacial score (nSPS) is 53.6. The Morgan fingerprint density at radius 3 is 2.54 bits per heavy atom. The molecular weight excluding hydrogens is 296 g/mol. The Labute approximate surface area is 147 Å². The molecular formula is C21H34N2O. The van der Waals surface area contributed by atoms with Crippen LogP contribution < -0.4 is 5.32 Å². The van der Waals surface area contributed by atoms with Crippen molar-refractivity contribution in [3.05, 3.63) is 0 Å². The minimum atomic E-state index is -0.0421. The highest BCUT2D eigenvalue weighted by atomic mass is 16.3. The fraction of sp³-hybridized carbons (Fsp3) is 0.952. The maximum absolute atomic E-state index is 10.1. The number of nitrogens with zero attached hydrogens (tertiary/aromatic N) is 1. The highest BCUT2D eigenvalue weighted by Crippen LogP contribution is 2.66. The minimum absolute atomic E-state index is 0.0421. The van der Waals surface area contributed by atoms with Gasteiger partial charge in [0, 0.05) is 6.04 Å². The molecule has 4 rings (SSSR count). The van der Waals surface area contributed by atoms with Gasteiger partial charge in [0.05, 0.1) is 18.7 Å². The molecule has 0 aromatic carbocycles. The number of aliphatic hydroxyl groups excluding tert-OH is 1. The summed E-state index contributed by atoms with van der Waals surface area (Å²) in [6.07, 6.45) is 11.3. The Morgan fingerprint density at radius 1 is 1.00 bits per heavy atom. The van der Waals surface area contributed by atoms with Crippen LogP contribution in [-0.4, -0.2) is 23.8 Å². The topological polar surface area (TPSA) is 56.0 Å². The Morgan fingerprint density at radius 2 is 1.75 bits per heavy atom. The van der Waals surface area contributed by atoms with E-state index in [-0.39, 0.29) is 6.10 Å². The Hall–Kier alpha value is -0.590. The van der Waals surface area contributed by atoms with Crippen molar-refractivity contribution in [3.63, 3.8) is 0 Å². The van der Waals surface area contributed by atoms with E-state index in [4.69, 9.17) is 5.26 Å². The van der Waals surface area contributed by atoms with Gasteiger partial charge in [-0.25, -0.2) is 0 Å². The van der Waals surface area contributed by atoms with Gasteiger partial charge >= 0.3 is 0 Å². The first-order chi connectivity index (χ1) is 11.5. The van der Waals surface area contributed by atoms with Gasteiger partial charge in [-0.15, -0.1) is 0 Å². The third-order valence-corrected chi connectivity index (χ3v) is 9.07. The van der Waals surface area contributed by atoms with E-state index in [2.05, 4.69) is 25.2 Å². The average Bonchev–Trinajstić information content (AvgIpc) is 2.90. The molecule has 0 radical (unpaired) electrons. The predicted molar refractivity (Wildman–Crippen MR) is 95.1 cm³/mol. The number of hydrogen-bond acceptors (Lipinski definition) is 3. The van der Waals surface area contributed by atoms with Crippen molar-refractivity contribution in [1.29, 1.82) is 5.26 Å². The molecule has 3 nitrogen and oxygen atoms in total. The molecule has 4 fully saturated rings. The summed E-state index contributed by atoms with van der Waals surface area (Å²) in [5.41, 5.74) is 0.872. The fourth-order valence-corrected chi connectivity index (χ4v) is 7.74. The molecule has 3 heteroatoms. The molecule has 0 heterocycles.